The maximum atomic E-state index is 6.01. The number of likely N-dealkylation sites (N-methyl/N-ethyl adjacent to an activating group) is 2. The van der Waals surface area contributed by atoms with Gasteiger partial charge in [-0.05, 0) is 74.6 Å². The third kappa shape index (κ3) is 9.21. The Kier molecular flexibility index (Phi) is 10.5. The number of nitrogens with zero attached hydrogens (tertiary/aromatic N) is 10. The quantitative estimate of drug-likeness (QED) is 0.103. The summed E-state index contributed by atoms with van der Waals surface area (Å²) in [6, 6.07) is 23.3. The summed E-state index contributed by atoms with van der Waals surface area (Å²) in [5.41, 5.74) is 17.0. The van der Waals surface area contributed by atoms with Gasteiger partial charge in [-0.1, -0.05) is 24.3 Å². The van der Waals surface area contributed by atoms with Crippen molar-refractivity contribution >= 4 is 64.1 Å². The normalized spacial score (nSPS) is 15.3. The molecule has 2 aliphatic heterocycles. The van der Waals surface area contributed by atoms with Gasteiger partial charge in [0.2, 0.25) is 35.7 Å². The molecule has 0 spiro atoms. The maximum absolute atomic E-state index is 6.01. The van der Waals surface area contributed by atoms with E-state index >= 15 is 0 Å². The number of nitrogen functional groups attached to an aromatic ring is 2. The second-order valence-electron chi connectivity index (χ2n) is 13.1. The summed E-state index contributed by atoms with van der Waals surface area (Å²) in [6.45, 7) is 7.78. The first-order valence-electron chi connectivity index (χ1n) is 17.6. The van der Waals surface area contributed by atoms with Crippen LogP contribution < -0.4 is 42.5 Å². The molecule has 3 aromatic carbocycles. The van der Waals surface area contributed by atoms with Crippen LogP contribution in [0, 0.1) is 0 Å². The largest absolute Gasteiger partial charge is 0.399 e. The highest BCUT2D eigenvalue weighted by atomic mass is 15.4. The fourth-order valence-electron chi connectivity index (χ4n) is 5.97. The van der Waals surface area contributed by atoms with E-state index in [2.05, 4.69) is 77.1 Å². The summed E-state index contributed by atoms with van der Waals surface area (Å²) in [5, 5.41) is 13.4. The van der Waals surface area contributed by atoms with Crippen molar-refractivity contribution in [3.8, 4) is 0 Å². The van der Waals surface area contributed by atoms with E-state index in [1.165, 1.54) is 0 Å². The fourth-order valence-corrected chi connectivity index (χ4v) is 5.97. The van der Waals surface area contributed by atoms with E-state index in [-0.39, 0.29) is 0 Å². The number of aromatic nitrogens is 6. The maximum Gasteiger partial charge on any atom is 0.233 e. The van der Waals surface area contributed by atoms with Gasteiger partial charge in [0, 0.05) is 87.3 Å². The van der Waals surface area contributed by atoms with Crippen LogP contribution in [0.5, 0.6) is 0 Å². The molecule has 5 aromatic rings. The van der Waals surface area contributed by atoms with Crippen molar-refractivity contribution in [2.45, 2.75) is 6.42 Å². The van der Waals surface area contributed by atoms with Crippen molar-refractivity contribution in [2.24, 2.45) is 0 Å². The van der Waals surface area contributed by atoms with Crippen molar-refractivity contribution in [3.05, 3.63) is 78.4 Å². The molecule has 0 radical (unpaired) electrons. The van der Waals surface area contributed by atoms with Crippen molar-refractivity contribution in [2.75, 3.05) is 116 Å². The Morgan fingerprint density at radius 3 is 1.44 bits per heavy atom. The summed E-state index contributed by atoms with van der Waals surface area (Å²) < 4.78 is 0. The van der Waals surface area contributed by atoms with Crippen LogP contribution >= 0.6 is 0 Å². The molecule has 2 fully saturated rings. The van der Waals surface area contributed by atoms with Gasteiger partial charge in [-0.15, -0.1) is 0 Å². The van der Waals surface area contributed by atoms with Gasteiger partial charge in [-0.3, -0.25) is 0 Å². The minimum Gasteiger partial charge on any atom is -0.399 e. The van der Waals surface area contributed by atoms with Crippen molar-refractivity contribution < 1.29 is 0 Å². The highest BCUT2D eigenvalue weighted by Crippen LogP contribution is 2.24. The second-order valence-corrected chi connectivity index (χ2v) is 13.1. The topological polar surface area (TPSA) is 190 Å². The van der Waals surface area contributed by atoms with Crippen LogP contribution in [0.25, 0.3) is 0 Å². The van der Waals surface area contributed by atoms with Gasteiger partial charge in [-0.25, -0.2) is 0 Å². The third-order valence-electron chi connectivity index (χ3n) is 9.01. The van der Waals surface area contributed by atoms with Crippen LogP contribution in [0.3, 0.4) is 0 Å². The highest BCUT2D eigenvalue weighted by molar-refractivity contribution is 5.63. The standard InChI is InChI=1S/C36H46N16/c1-49-15-19-51(20-16-49)35-45-31(43-33(47-35)41-29-7-3-5-26(37)23-29)39-14-13-25-9-11-28(12-10-25)40-32-44-34(42-30-8-4-6-27(38)24-30)48-36(46-32)52-21-17-50(2)18-22-52/h3-12,23-24H,13-22,37-38H2,1-2H3,(H2,39,41,43,45,47)(H2,40,42,44,46,48). The molecule has 0 saturated carbocycles. The lowest BCUT2D eigenvalue weighted by molar-refractivity contribution is 0.311. The average Bonchev–Trinajstić information content (AvgIpc) is 3.13. The van der Waals surface area contributed by atoms with Gasteiger partial charge in [0.15, 0.2) is 0 Å². The minimum absolute atomic E-state index is 0.445. The lowest BCUT2D eigenvalue weighted by Gasteiger charge is -2.32. The molecular weight excluding hydrogens is 657 g/mol. The van der Waals surface area contributed by atoms with Crippen LogP contribution in [0.4, 0.5) is 64.1 Å². The zero-order chi connectivity index (χ0) is 35.9. The zero-order valence-electron chi connectivity index (χ0n) is 29.6. The number of nitrogens with one attached hydrogen (secondary N) is 4. The number of anilines is 11. The van der Waals surface area contributed by atoms with Gasteiger partial charge < -0.3 is 52.3 Å². The summed E-state index contributed by atoms with van der Waals surface area (Å²) in [5.74, 6) is 3.15. The number of benzene rings is 3. The van der Waals surface area contributed by atoms with Crippen LogP contribution in [0.1, 0.15) is 5.56 Å². The fraction of sp³-hybridized carbons (Fsp3) is 0.333. The Bertz CT molecular complexity index is 1940. The number of piperazine rings is 2. The molecule has 7 rings (SSSR count). The molecule has 0 bridgehead atoms. The molecular formula is C36H46N16. The molecule has 0 atom stereocenters. The van der Waals surface area contributed by atoms with Crippen LogP contribution in [0.2, 0.25) is 0 Å². The SMILES string of the molecule is CN1CCN(c2nc(NCCc3ccc(Nc4nc(Nc5cccc(N)c5)nc(N5CCN(C)CC5)n4)cc3)nc(Nc3cccc(N)c3)n2)CC1. The summed E-state index contributed by atoms with van der Waals surface area (Å²) in [4.78, 5) is 37.4. The van der Waals surface area contributed by atoms with Gasteiger partial charge in [0.25, 0.3) is 0 Å². The first kappa shape index (κ1) is 34.4. The van der Waals surface area contributed by atoms with Crippen molar-refractivity contribution in [1.29, 1.82) is 0 Å². The lowest BCUT2D eigenvalue weighted by Crippen LogP contribution is -2.45. The van der Waals surface area contributed by atoms with Gasteiger partial charge in [0.05, 0.1) is 0 Å². The number of hydrogen-bond donors (Lipinski definition) is 6. The first-order valence-corrected chi connectivity index (χ1v) is 17.6. The van der Waals surface area contributed by atoms with E-state index in [1.54, 1.807) is 0 Å². The molecule has 0 unspecified atom stereocenters. The van der Waals surface area contributed by atoms with Crippen molar-refractivity contribution in [1.82, 2.24) is 39.7 Å². The Morgan fingerprint density at radius 2 is 0.962 bits per heavy atom. The van der Waals surface area contributed by atoms with Crippen LogP contribution in [-0.4, -0.2) is 113 Å². The molecule has 2 aromatic heterocycles. The zero-order valence-corrected chi connectivity index (χ0v) is 29.6. The summed E-state index contributed by atoms with van der Waals surface area (Å²) in [7, 11) is 4.25. The Morgan fingerprint density at radius 1 is 0.519 bits per heavy atom. The van der Waals surface area contributed by atoms with Gasteiger partial charge >= 0.3 is 0 Å². The second kappa shape index (κ2) is 15.9. The van der Waals surface area contributed by atoms with Crippen LogP contribution in [-0.2, 0) is 6.42 Å². The summed E-state index contributed by atoms with van der Waals surface area (Å²) in [6.07, 6.45) is 0.765. The average molecular weight is 703 g/mol. The van der Waals surface area contributed by atoms with E-state index in [9.17, 15) is 0 Å². The summed E-state index contributed by atoms with van der Waals surface area (Å²) >= 11 is 0. The molecule has 0 aliphatic carbocycles. The highest BCUT2D eigenvalue weighted by Gasteiger charge is 2.20. The lowest BCUT2D eigenvalue weighted by atomic mass is 10.1. The van der Waals surface area contributed by atoms with Crippen molar-refractivity contribution in [3.63, 3.8) is 0 Å². The molecule has 4 heterocycles. The number of nitrogens with two attached hydrogens (primary N) is 2. The molecule has 270 valence electrons. The Balaban J connectivity index is 1.02. The number of rotatable bonds is 12. The van der Waals surface area contributed by atoms with Crippen LogP contribution in [0.15, 0.2) is 72.8 Å². The smallest absolute Gasteiger partial charge is 0.233 e. The molecule has 2 aliphatic rings. The first-order chi connectivity index (χ1) is 25.3. The molecule has 16 nitrogen and oxygen atoms in total. The Labute approximate surface area is 303 Å². The molecule has 8 N–H and O–H groups in total. The molecule has 0 amide bonds. The van der Waals surface area contributed by atoms with Gasteiger partial charge in [-0.2, -0.15) is 29.9 Å². The van der Waals surface area contributed by atoms with E-state index in [0.717, 1.165) is 81.4 Å². The van der Waals surface area contributed by atoms with E-state index in [1.807, 2.05) is 60.7 Å². The molecule has 2 saturated heterocycles. The monoisotopic (exact) mass is 702 g/mol. The predicted molar refractivity (Wildman–Crippen MR) is 209 cm³/mol. The third-order valence-corrected chi connectivity index (χ3v) is 9.01. The Hall–Kier alpha value is -6.00. The minimum atomic E-state index is 0.445. The molecule has 16 heteroatoms. The van der Waals surface area contributed by atoms with Gasteiger partial charge in [0.1, 0.15) is 0 Å². The molecule has 52 heavy (non-hydrogen) atoms. The number of hydrogen-bond acceptors (Lipinski definition) is 16. The van der Waals surface area contributed by atoms with E-state index < -0.39 is 0 Å². The predicted octanol–water partition coefficient (Wildman–Crippen LogP) is 3.61. The van der Waals surface area contributed by atoms with E-state index in [0.29, 0.717) is 53.6 Å². The van der Waals surface area contributed by atoms with E-state index in [4.69, 9.17) is 31.4 Å².